The Morgan fingerprint density at radius 2 is 1.95 bits per heavy atom. The van der Waals surface area contributed by atoms with Crippen LogP contribution in [-0.4, -0.2) is 29.8 Å². The molecule has 0 aliphatic carbocycles. The first kappa shape index (κ1) is 15.6. The third kappa shape index (κ3) is 4.63. The lowest BCUT2D eigenvalue weighted by Gasteiger charge is -2.15. The normalized spacial score (nSPS) is 12.9. The van der Waals surface area contributed by atoms with Crippen LogP contribution in [0.4, 0.5) is 5.69 Å². The summed E-state index contributed by atoms with van der Waals surface area (Å²) in [5.74, 6) is 0.288. The van der Waals surface area contributed by atoms with Gasteiger partial charge in [0, 0.05) is 19.7 Å². The van der Waals surface area contributed by atoms with Crippen molar-refractivity contribution in [2.75, 3.05) is 19.7 Å². The van der Waals surface area contributed by atoms with Gasteiger partial charge in [0.05, 0.1) is 5.69 Å². The maximum atomic E-state index is 9.08. The Morgan fingerprint density at radius 1 is 1.26 bits per heavy atom. The summed E-state index contributed by atoms with van der Waals surface area (Å²) in [7, 11) is 0. The lowest BCUT2D eigenvalue weighted by Crippen LogP contribution is -2.14. The van der Waals surface area contributed by atoms with Crippen LogP contribution in [0.1, 0.15) is 44.2 Å². The average molecular weight is 263 g/mol. The highest BCUT2D eigenvalue weighted by Gasteiger charge is 2.10. The quantitative estimate of drug-likeness (QED) is 0.600. The number of benzene rings is 1. The van der Waals surface area contributed by atoms with Gasteiger partial charge >= 0.3 is 0 Å². The highest BCUT2D eigenvalue weighted by molar-refractivity contribution is 5.49. The molecule has 0 amide bonds. The van der Waals surface area contributed by atoms with Gasteiger partial charge in [-0.3, -0.25) is 5.01 Å². The molecule has 1 N–H and O–H groups in total. The minimum atomic E-state index is 0.196. The fourth-order valence-corrected chi connectivity index (χ4v) is 1.97. The number of hydrogen-bond donors (Lipinski definition) is 1. The fourth-order valence-electron chi connectivity index (χ4n) is 1.97. The molecule has 1 aromatic rings. The molecule has 1 aromatic carbocycles. The second-order valence-corrected chi connectivity index (χ2v) is 4.80. The largest absolute Gasteiger partial charge is 0.396 e. The number of rotatable bonds is 7. The Morgan fingerprint density at radius 3 is 2.53 bits per heavy atom. The van der Waals surface area contributed by atoms with Gasteiger partial charge in [0.1, 0.15) is 0 Å². The highest BCUT2D eigenvalue weighted by Crippen LogP contribution is 2.30. The first-order valence-electron chi connectivity index (χ1n) is 7.00. The molecule has 0 aliphatic rings. The molecule has 0 aromatic heterocycles. The number of aliphatic hydroxyl groups excluding tert-OH is 1. The van der Waals surface area contributed by atoms with E-state index in [9.17, 15) is 0 Å². The molecule has 1 rings (SSSR count). The van der Waals surface area contributed by atoms with Gasteiger partial charge in [-0.2, -0.15) is 0 Å². The molecule has 0 radical (unpaired) electrons. The minimum Gasteiger partial charge on any atom is -0.396 e. The number of hydrogen-bond acceptors (Lipinski definition) is 3. The van der Waals surface area contributed by atoms with Crippen LogP contribution in [0.5, 0.6) is 0 Å². The third-order valence-corrected chi connectivity index (χ3v) is 3.29. The Labute approximate surface area is 116 Å². The van der Waals surface area contributed by atoms with Crippen LogP contribution in [0.2, 0.25) is 0 Å². The van der Waals surface area contributed by atoms with Gasteiger partial charge in [-0.15, -0.1) is 5.11 Å². The summed E-state index contributed by atoms with van der Waals surface area (Å²) in [6.45, 7) is 10.2. The van der Waals surface area contributed by atoms with E-state index in [1.807, 2.05) is 5.01 Å². The number of nitrogens with zero attached hydrogens (tertiary/aromatic N) is 3. The first-order valence-corrected chi connectivity index (χ1v) is 7.00. The topological polar surface area (TPSA) is 48.2 Å². The van der Waals surface area contributed by atoms with E-state index in [-0.39, 0.29) is 12.5 Å². The van der Waals surface area contributed by atoms with Gasteiger partial charge in [-0.05, 0) is 50.3 Å². The molecule has 1 atom stereocenters. The van der Waals surface area contributed by atoms with Crippen molar-refractivity contribution in [2.45, 2.75) is 40.0 Å². The Kier molecular flexibility index (Phi) is 6.50. The number of aliphatic hydroxyl groups is 1. The summed E-state index contributed by atoms with van der Waals surface area (Å²) >= 11 is 0. The van der Waals surface area contributed by atoms with Gasteiger partial charge < -0.3 is 5.11 Å². The molecule has 106 valence electrons. The zero-order valence-corrected chi connectivity index (χ0v) is 12.4. The zero-order valence-electron chi connectivity index (χ0n) is 12.4. The molecular formula is C15H25N3O. The van der Waals surface area contributed by atoms with Crippen molar-refractivity contribution in [2.24, 2.45) is 10.3 Å². The summed E-state index contributed by atoms with van der Waals surface area (Å²) < 4.78 is 0. The van der Waals surface area contributed by atoms with Crippen LogP contribution < -0.4 is 0 Å². The third-order valence-electron chi connectivity index (χ3n) is 3.29. The molecule has 0 spiro atoms. The summed E-state index contributed by atoms with van der Waals surface area (Å²) in [6.07, 6.45) is 0.747. The predicted octanol–water partition coefficient (Wildman–Crippen LogP) is 3.82. The monoisotopic (exact) mass is 263 g/mol. The van der Waals surface area contributed by atoms with Crippen LogP contribution in [-0.2, 0) is 0 Å². The molecule has 4 heteroatoms. The van der Waals surface area contributed by atoms with Crippen molar-refractivity contribution in [3.8, 4) is 0 Å². The van der Waals surface area contributed by atoms with Crippen LogP contribution in [0, 0.1) is 6.92 Å². The maximum absolute atomic E-state index is 9.08. The lowest BCUT2D eigenvalue weighted by molar-refractivity contribution is 0.278. The first-order chi connectivity index (χ1) is 9.12. The smallest absolute Gasteiger partial charge is 0.0911 e. The van der Waals surface area contributed by atoms with Crippen LogP contribution in [0.25, 0.3) is 0 Å². The Bertz CT molecular complexity index is 414. The molecular weight excluding hydrogens is 238 g/mol. The van der Waals surface area contributed by atoms with Crippen molar-refractivity contribution in [3.05, 3.63) is 29.3 Å². The maximum Gasteiger partial charge on any atom is 0.0911 e. The van der Waals surface area contributed by atoms with Gasteiger partial charge in [0.15, 0.2) is 0 Å². The van der Waals surface area contributed by atoms with E-state index >= 15 is 0 Å². The molecule has 0 fully saturated rings. The van der Waals surface area contributed by atoms with E-state index in [4.69, 9.17) is 5.11 Å². The fraction of sp³-hybridized carbons (Fsp3) is 0.600. The van der Waals surface area contributed by atoms with Crippen molar-refractivity contribution >= 4 is 5.69 Å². The van der Waals surface area contributed by atoms with Crippen molar-refractivity contribution < 1.29 is 5.11 Å². The zero-order chi connectivity index (χ0) is 14.3. The van der Waals surface area contributed by atoms with Crippen LogP contribution >= 0.6 is 0 Å². The molecule has 0 unspecified atom stereocenters. The Hall–Kier alpha value is -1.42. The number of aryl methyl sites for hydroxylation is 1. The van der Waals surface area contributed by atoms with Crippen molar-refractivity contribution in [3.63, 3.8) is 0 Å². The van der Waals surface area contributed by atoms with E-state index in [0.717, 1.165) is 30.8 Å². The van der Waals surface area contributed by atoms with Gasteiger partial charge in [0.2, 0.25) is 0 Å². The van der Waals surface area contributed by atoms with E-state index in [0.29, 0.717) is 0 Å². The standard InChI is InChI=1S/C15H25N3O/c1-5-18(6-2)17-16-15-11-12(3)7-8-14(15)13(4)9-10-19/h7-8,11,13,19H,5-6,9-10H2,1-4H3/t13-/m0/s1. The molecule has 0 heterocycles. The summed E-state index contributed by atoms with van der Waals surface area (Å²) in [5, 5.41) is 19.6. The van der Waals surface area contributed by atoms with Gasteiger partial charge in [-0.1, -0.05) is 24.3 Å². The van der Waals surface area contributed by atoms with E-state index in [1.165, 1.54) is 5.56 Å². The van der Waals surface area contributed by atoms with E-state index in [1.54, 1.807) is 0 Å². The van der Waals surface area contributed by atoms with Crippen molar-refractivity contribution in [1.29, 1.82) is 0 Å². The molecule has 4 nitrogen and oxygen atoms in total. The molecule has 0 bridgehead atoms. The van der Waals surface area contributed by atoms with E-state index in [2.05, 4.69) is 56.2 Å². The highest BCUT2D eigenvalue weighted by atomic mass is 16.3. The van der Waals surface area contributed by atoms with Gasteiger partial charge in [0.25, 0.3) is 0 Å². The second kappa shape index (κ2) is 7.89. The SMILES string of the molecule is CCN(CC)N=Nc1cc(C)ccc1[C@@H](C)CCO. The molecule has 0 aliphatic heterocycles. The molecule has 19 heavy (non-hydrogen) atoms. The molecule has 0 saturated heterocycles. The molecule has 0 saturated carbocycles. The van der Waals surface area contributed by atoms with Crippen molar-refractivity contribution in [1.82, 2.24) is 5.01 Å². The minimum absolute atomic E-state index is 0.196. The summed E-state index contributed by atoms with van der Waals surface area (Å²) in [4.78, 5) is 0. The predicted molar refractivity (Wildman–Crippen MR) is 78.7 cm³/mol. The van der Waals surface area contributed by atoms with Crippen LogP contribution in [0.3, 0.4) is 0 Å². The second-order valence-electron chi connectivity index (χ2n) is 4.80. The van der Waals surface area contributed by atoms with Gasteiger partial charge in [-0.25, -0.2) is 0 Å². The average Bonchev–Trinajstić information content (AvgIpc) is 2.40. The van der Waals surface area contributed by atoms with Crippen LogP contribution in [0.15, 0.2) is 28.5 Å². The lowest BCUT2D eigenvalue weighted by atomic mass is 9.95. The Balaban J connectivity index is 3.00. The van der Waals surface area contributed by atoms with E-state index < -0.39 is 0 Å². The summed E-state index contributed by atoms with van der Waals surface area (Å²) in [5.41, 5.74) is 3.23. The summed E-state index contributed by atoms with van der Waals surface area (Å²) in [6, 6.07) is 6.22.